The van der Waals surface area contributed by atoms with E-state index >= 15 is 0 Å². The predicted octanol–water partition coefficient (Wildman–Crippen LogP) is 1.51. The van der Waals surface area contributed by atoms with Gasteiger partial charge >= 0.3 is 0 Å². The van der Waals surface area contributed by atoms with Crippen LogP contribution >= 0.6 is 0 Å². The van der Waals surface area contributed by atoms with Crippen LogP contribution in [0.5, 0.6) is 0 Å². The molecular formula is C11H22N2O. The van der Waals surface area contributed by atoms with Crippen LogP contribution in [0.25, 0.3) is 0 Å². The van der Waals surface area contributed by atoms with Crippen LogP contribution in [0.2, 0.25) is 0 Å². The molecule has 2 N–H and O–H groups in total. The first-order chi connectivity index (χ1) is 6.40. The summed E-state index contributed by atoms with van der Waals surface area (Å²) in [5, 5.41) is 0. The number of nitrogens with zero attached hydrogens (tertiary/aromatic N) is 1. The van der Waals surface area contributed by atoms with Crippen LogP contribution in [0.4, 0.5) is 0 Å². The third kappa shape index (κ3) is 3.29. The second-order valence-corrected chi connectivity index (χ2v) is 5.10. The van der Waals surface area contributed by atoms with Gasteiger partial charge in [0.25, 0.3) is 0 Å². The second-order valence-electron chi connectivity index (χ2n) is 5.10. The minimum Gasteiger partial charge on any atom is -0.340 e. The van der Waals surface area contributed by atoms with Crippen LogP contribution < -0.4 is 5.73 Å². The highest BCUT2D eigenvalue weighted by atomic mass is 16.2. The number of piperidine rings is 1. The summed E-state index contributed by atoms with van der Waals surface area (Å²) in [5.74, 6) is 0.213. The molecule has 1 aliphatic rings. The molecule has 1 rings (SSSR count). The van der Waals surface area contributed by atoms with Crippen molar-refractivity contribution < 1.29 is 4.79 Å². The third-order valence-corrected chi connectivity index (χ3v) is 2.73. The summed E-state index contributed by atoms with van der Waals surface area (Å²) in [6.45, 7) is 6.84. The van der Waals surface area contributed by atoms with Crippen molar-refractivity contribution >= 4 is 5.91 Å². The van der Waals surface area contributed by atoms with Crippen molar-refractivity contribution in [2.45, 2.75) is 58.0 Å². The average molecular weight is 198 g/mol. The van der Waals surface area contributed by atoms with E-state index in [2.05, 4.69) is 6.92 Å². The van der Waals surface area contributed by atoms with Crippen molar-refractivity contribution in [3.63, 3.8) is 0 Å². The zero-order chi connectivity index (χ0) is 10.8. The first kappa shape index (κ1) is 11.5. The second kappa shape index (κ2) is 4.30. The molecule has 1 unspecified atom stereocenters. The van der Waals surface area contributed by atoms with Gasteiger partial charge in [0.1, 0.15) is 0 Å². The summed E-state index contributed by atoms with van der Waals surface area (Å²) in [5.41, 5.74) is 5.46. The summed E-state index contributed by atoms with van der Waals surface area (Å²) >= 11 is 0. The average Bonchev–Trinajstić information content (AvgIpc) is 2.01. The van der Waals surface area contributed by atoms with Gasteiger partial charge in [-0.15, -0.1) is 0 Å². The Balaban J connectivity index is 2.50. The lowest BCUT2D eigenvalue weighted by molar-refractivity contribution is -0.135. The van der Waals surface area contributed by atoms with Gasteiger partial charge in [0.2, 0.25) is 5.91 Å². The quantitative estimate of drug-likeness (QED) is 0.731. The molecule has 0 aromatic heterocycles. The topological polar surface area (TPSA) is 46.3 Å². The van der Waals surface area contributed by atoms with Gasteiger partial charge < -0.3 is 10.6 Å². The van der Waals surface area contributed by atoms with Crippen LogP contribution in [0.3, 0.4) is 0 Å². The number of carbonyl (C=O) groups excluding carboxylic acids is 1. The number of carbonyl (C=O) groups is 1. The molecule has 1 aliphatic heterocycles. The molecule has 0 bridgehead atoms. The molecule has 0 saturated carbocycles. The van der Waals surface area contributed by atoms with E-state index in [9.17, 15) is 4.79 Å². The van der Waals surface area contributed by atoms with Gasteiger partial charge in [-0.25, -0.2) is 0 Å². The van der Waals surface area contributed by atoms with Crippen LogP contribution in [-0.4, -0.2) is 28.9 Å². The fourth-order valence-electron chi connectivity index (χ4n) is 1.96. The molecule has 1 amide bonds. The van der Waals surface area contributed by atoms with Gasteiger partial charge in [-0.3, -0.25) is 4.79 Å². The highest BCUT2D eigenvalue weighted by Crippen LogP contribution is 2.18. The molecule has 0 aromatic rings. The van der Waals surface area contributed by atoms with E-state index in [-0.39, 0.29) is 11.4 Å². The molecule has 1 fully saturated rings. The molecule has 0 radical (unpaired) electrons. The van der Waals surface area contributed by atoms with Gasteiger partial charge in [0.05, 0.1) is 0 Å². The lowest BCUT2D eigenvalue weighted by atomic mass is 9.98. The number of rotatable bonds is 2. The largest absolute Gasteiger partial charge is 0.340 e. The summed E-state index contributed by atoms with van der Waals surface area (Å²) in [6, 6.07) is 0.401. The lowest BCUT2D eigenvalue weighted by Crippen LogP contribution is -2.46. The van der Waals surface area contributed by atoms with Crippen LogP contribution in [0.15, 0.2) is 0 Å². The van der Waals surface area contributed by atoms with Gasteiger partial charge in [0, 0.05) is 24.5 Å². The maximum absolute atomic E-state index is 11.9. The standard InChI is InChI=1S/C11H22N2O/c1-9-6-4-5-7-13(9)10(14)8-11(2,3)12/h9H,4-8,12H2,1-3H3. The number of likely N-dealkylation sites (tertiary alicyclic amines) is 1. The minimum absolute atomic E-state index is 0.213. The Morgan fingerprint density at radius 3 is 2.64 bits per heavy atom. The Morgan fingerprint density at radius 1 is 1.50 bits per heavy atom. The van der Waals surface area contributed by atoms with Gasteiger partial charge in [-0.2, -0.15) is 0 Å². The van der Waals surface area contributed by atoms with Crippen molar-refractivity contribution in [1.29, 1.82) is 0 Å². The summed E-state index contributed by atoms with van der Waals surface area (Å²) in [4.78, 5) is 13.9. The molecule has 3 heteroatoms. The van der Waals surface area contributed by atoms with Crippen molar-refractivity contribution in [2.24, 2.45) is 5.73 Å². The van der Waals surface area contributed by atoms with E-state index in [4.69, 9.17) is 5.73 Å². The SMILES string of the molecule is CC1CCCCN1C(=O)CC(C)(C)N. The van der Waals surface area contributed by atoms with E-state index in [1.165, 1.54) is 6.42 Å². The van der Waals surface area contributed by atoms with Crippen molar-refractivity contribution in [1.82, 2.24) is 4.90 Å². The van der Waals surface area contributed by atoms with Crippen molar-refractivity contribution in [2.75, 3.05) is 6.54 Å². The predicted molar refractivity (Wildman–Crippen MR) is 57.9 cm³/mol. The summed E-state index contributed by atoms with van der Waals surface area (Å²) in [7, 11) is 0. The van der Waals surface area contributed by atoms with Crippen LogP contribution in [0.1, 0.15) is 46.5 Å². The van der Waals surface area contributed by atoms with Crippen molar-refractivity contribution in [3.05, 3.63) is 0 Å². The Bertz CT molecular complexity index is 208. The highest BCUT2D eigenvalue weighted by molar-refractivity contribution is 5.77. The van der Waals surface area contributed by atoms with Crippen LogP contribution in [0, 0.1) is 0 Å². The molecule has 0 spiro atoms. The molecule has 0 aliphatic carbocycles. The first-order valence-electron chi connectivity index (χ1n) is 5.48. The first-order valence-corrected chi connectivity index (χ1v) is 5.48. The van der Waals surface area contributed by atoms with E-state index in [1.807, 2.05) is 18.7 Å². The Kier molecular flexibility index (Phi) is 3.53. The third-order valence-electron chi connectivity index (χ3n) is 2.73. The van der Waals surface area contributed by atoms with Crippen molar-refractivity contribution in [3.8, 4) is 0 Å². The van der Waals surface area contributed by atoms with E-state index in [0.29, 0.717) is 12.5 Å². The normalized spacial score (nSPS) is 23.7. The Hall–Kier alpha value is -0.570. The zero-order valence-electron chi connectivity index (χ0n) is 9.55. The number of hydrogen-bond donors (Lipinski definition) is 1. The minimum atomic E-state index is -0.381. The van der Waals surface area contributed by atoms with Gasteiger partial charge in [-0.1, -0.05) is 0 Å². The Labute approximate surface area is 86.6 Å². The maximum Gasteiger partial charge on any atom is 0.224 e. The molecule has 1 heterocycles. The lowest BCUT2D eigenvalue weighted by Gasteiger charge is -2.35. The molecule has 14 heavy (non-hydrogen) atoms. The number of nitrogens with two attached hydrogens (primary N) is 1. The van der Waals surface area contributed by atoms with Crippen LogP contribution in [-0.2, 0) is 4.79 Å². The van der Waals surface area contributed by atoms with Gasteiger partial charge in [0.15, 0.2) is 0 Å². The fraction of sp³-hybridized carbons (Fsp3) is 0.909. The Morgan fingerprint density at radius 2 is 2.14 bits per heavy atom. The monoisotopic (exact) mass is 198 g/mol. The molecular weight excluding hydrogens is 176 g/mol. The summed E-state index contributed by atoms with van der Waals surface area (Å²) in [6.07, 6.45) is 3.98. The molecule has 3 nitrogen and oxygen atoms in total. The summed E-state index contributed by atoms with van der Waals surface area (Å²) < 4.78 is 0. The molecule has 1 atom stereocenters. The number of hydrogen-bond acceptors (Lipinski definition) is 2. The maximum atomic E-state index is 11.9. The van der Waals surface area contributed by atoms with E-state index in [0.717, 1.165) is 19.4 Å². The van der Waals surface area contributed by atoms with E-state index < -0.39 is 0 Å². The zero-order valence-corrected chi connectivity index (χ0v) is 9.55. The molecule has 0 aromatic carbocycles. The molecule has 1 saturated heterocycles. The highest BCUT2D eigenvalue weighted by Gasteiger charge is 2.26. The smallest absolute Gasteiger partial charge is 0.224 e. The molecule has 82 valence electrons. The fourth-order valence-corrected chi connectivity index (χ4v) is 1.96. The number of amides is 1. The van der Waals surface area contributed by atoms with Gasteiger partial charge in [-0.05, 0) is 40.0 Å². The van der Waals surface area contributed by atoms with E-state index in [1.54, 1.807) is 0 Å².